The van der Waals surface area contributed by atoms with E-state index in [4.69, 9.17) is 15.2 Å². The Morgan fingerprint density at radius 3 is 2.89 bits per heavy atom. The molecule has 8 heteroatoms. The average Bonchev–Trinajstić information content (AvgIpc) is 3.40. The summed E-state index contributed by atoms with van der Waals surface area (Å²) in [5, 5.41) is 6.27. The van der Waals surface area contributed by atoms with Crippen molar-refractivity contribution in [3.05, 3.63) is 71.4 Å². The number of ether oxygens (including phenoxy) is 2. The van der Waals surface area contributed by atoms with Crippen molar-refractivity contribution in [2.45, 2.75) is 40.2 Å². The number of aromatic nitrogens is 1. The Balaban J connectivity index is 0.00000106. The number of pyridine rings is 1. The van der Waals surface area contributed by atoms with Crippen LogP contribution in [0.25, 0.3) is 5.57 Å². The van der Waals surface area contributed by atoms with Gasteiger partial charge in [-0.25, -0.2) is 4.98 Å². The van der Waals surface area contributed by atoms with Crippen LogP contribution in [0.5, 0.6) is 5.75 Å². The van der Waals surface area contributed by atoms with Crippen LogP contribution in [-0.2, 0) is 17.7 Å². The second kappa shape index (κ2) is 16.2. The molecule has 0 spiro atoms. The summed E-state index contributed by atoms with van der Waals surface area (Å²) in [5.74, 6) is 1.56. The third kappa shape index (κ3) is 8.94. The average molecular weight is 494 g/mol. The summed E-state index contributed by atoms with van der Waals surface area (Å²) in [7, 11) is 0. The van der Waals surface area contributed by atoms with Gasteiger partial charge in [0.15, 0.2) is 0 Å². The SMILES string of the molecule is C=CCC.CCOCCNC(=O)c1cccc(CNc2ncc(/C(C)=C/C=N\CN)c3c2CCO3)c1. The van der Waals surface area contributed by atoms with Crippen LogP contribution in [0.2, 0.25) is 0 Å². The lowest BCUT2D eigenvalue weighted by Crippen LogP contribution is -2.27. The number of carbonyl (C=O) groups is 1. The van der Waals surface area contributed by atoms with Crippen LogP contribution in [0.3, 0.4) is 0 Å². The predicted octanol–water partition coefficient (Wildman–Crippen LogP) is 4.37. The lowest BCUT2D eigenvalue weighted by atomic mass is 10.0. The highest BCUT2D eigenvalue weighted by Gasteiger charge is 2.22. The minimum Gasteiger partial charge on any atom is -0.492 e. The number of hydrogen-bond acceptors (Lipinski definition) is 7. The highest BCUT2D eigenvalue weighted by atomic mass is 16.5. The normalized spacial score (nSPS) is 12.4. The predicted molar refractivity (Wildman–Crippen MR) is 148 cm³/mol. The number of anilines is 1. The second-order valence-corrected chi connectivity index (χ2v) is 7.99. The van der Waals surface area contributed by atoms with Gasteiger partial charge in [-0.05, 0) is 49.6 Å². The number of fused-ring (bicyclic) bond motifs is 1. The Bertz CT molecular complexity index is 1050. The molecule has 2 heterocycles. The summed E-state index contributed by atoms with van der Waals surface area (Å²) in [5.41, 5.74) is 10.1. The van der Waals surface area contributed by atoms with Gasteiger partial charge in [0, 0.05) is 55.2 Å². The fraction of sp³-hybridized carbons (Fsp3) is 0.393. The smallest absolute Gasteiger partial charge is 0.251 e. The van der Waals surface area contributed by atoms with Crippen molar-refractivity contribution in [1.29, 1.82) is 0 Å². The second-order valence-electron chi connectivity index (χ2n) is 7.99. The van der Waals surface area contributed by atoms with E-state index in [1.807, 2.05) is 50.4 Å². The number of rotatable bonds is 12. The summed E-state index contributed by atoms with van der Waals surface area (Å²) in [6, 6.07) is 7.56. The number of carbonyl (C=O) groups excluding carboxylic acids is 1. The molecule has 0 bridgehead atoms. The van der Waals surface area contributed by atoms with Gasteiger partial charge in [-0.1, -0.05) is 25.1 Å². The lowest BCUT2D eigenvalue weighted by Gasteiger charge is -2.13. The molecule has 1 aromatic carbocycles. The Morgan fingerprint density at radius 2 is 2.17 bits per heavy atom. The van der Waals surface area contributed by atoms with Crippen molar-refractivity contribution in [3.63, 3.8) is 0 Å². The number of amides is 1. The summed E-state index contributed by atoms with van der Waals surface area (Å²) < 4.78 is 11.2. The quantitative estimate of drug-likeness (QED) is 0.230. The minimum atomic E-state index is -0.108. The monoisotopic (exact) mass is 493 g/mol. The molecule has 1 amide bonds. The minimum absolute atomic E-state index is 0.108. The van der Waals surface area contributed by atoms with Crippen LogP contribution in [0.15, 0.2) is 54.2 Å². The molecule has 194 valence electrons. The highest BCUT2D eigenvalue weighted by molar-refractivity contribution is 5.94. The summed E-state index contributed by atoms with van der Waals surface area (Å²) in [6.45, 7) is 12.5. The zero-order valence-corrected chi connectivity index (χ0v) is 21.7. The van der Waals surface area contributed by atoms with Crippen molar-refractivity contribution in [2.75, 3.05) is 38.4 Å². The number of aliphatic imine (C=N–C) groups is 1. The molecule has 1 aliphatic rings. The summed E-state index contributed by atoms with van der Waals surface area (Å²) in [6.07, 6.45) is 9.18. The van der Waals surface area contributed by atoms with Crippen molar-refractivity contribution in [3.8, 4) is 5.75 Å². The molecule has 0 unspecified atom stereocenters. The topological polar surface area (TPSA) is 111 Å². The standard InChI is InChI=1S/C24H31N5O3.C4H8/c1-3-31-12-10-27-24(30)19-6-4-5-18(13-19)14-28-23-20-8-11-32-22(20)21(15-29-23)17(2)7-9-26-16-25;1-3-4-2/h4-7,9,13,15H,3,8,10-12,14,16,25H2,1-2H3,(H,27,30)(H,28,29);3H,1,4H2,2H3/b17-7+,26-9-;. The molecule has 8 nitrogen and oxygen atoms in total. The van der Waals surface area contributed by atoms with Gasteiger partial charge in [0.25, 0.3) is 5.91 Å². The van der Waals surface area contributed by atoms with E-state index in [0.717, 1.165) is 46.7 Å². The third-order valence-electron chi connectivity index (χ3n) is 5.36. The van der Waals surface area contributed by atoms with E-state index in [1.54, 1.807) is 12.3 Å². The maximum absolute atomic E-state index is 12.3. The molecule has 1 aromatic heterocycles. The number of nitrogens with two attached hydrogens (primary N) is 1. The van der Waals surface area contributed by atoms with Gasteiger partial charge in [0.05, 0.1) is 19.9 Å². The van der Waals surface area contributed by atoms with Crippen LogP contribution in [0.1, 0.15) is 54.2 Å². The fourth-order valence-corrected chi connectivity index (χ4v) is 3.43. The lowest BCUT2D eigenvalue weighted by molar-refractivity contribution is 0.0922. The zero-order chi connectivity index (χ0) is 26.2. The third-order valence-corrected chi connectivity index (χ3v) is 5.36. The van der Waals surface area contributed by atoms with E-state index in [0.29, 0.717) is 38.5 Å². The highest BCUT2D eigenvalue weighted by Crippen LogP contribution is 2.37. The number of hydrogen-bond donors (Lipinski definition) is 3. The maximum Gasteiger partial charge on any atom is 0.251 e. The Hall–Kier alpha value is -3.49. The molecule has 0 saturated carbocycles. The number of nitrogens with one attached hydrogen (secondary N) is 2. The van der Waals surface area contributed by atoms with Gasteiger partial charge < -0.3 is 25.8 Å². The first-order valence-electron chi connectivity index (χ1n) is 12.4. The van der Waals surface area contributed by atoms with Gasteiger partial charge >= 0.3 is 0 Å². The van der Waals surface area contributed by atoms with E-state index >= 15 is 0 Å². The van der Waals surface area contributed by atoms with Crippen LogP contribution < -0.4 is 21.1 Å². The Labute approximate surface area is 214 Å². The molecule has 3 rings (SSSR count). The molecule has 2 aromatic rings. The number of benzene rings is 1. The molecule has 0 fully saturated rings. The van der Waals surface area contributed by atoms with Crippen LogP contribution in [-0.4, -0.2) is 50.1 Å². The fourth-order valence-electron chi connectivity index (χ4n) is 3.43. The Morgan fingerprint density at radius 1 is 1.36 bits per heavy atom. The van der Waals surface area contributed by atoms with Crippen molar-refractivity contribution < 1.29 is 14.3 Å². The molecular formula is C28H39N5O3. The van der Waals surface area contributed by atoms with Gasteiger partial charge in [0.1, 0.15) is 11.6 Å². The number of nitrogens with zero attached hydrogens (tertiary/aromatic N) is 2. The van der Waals surface area contributed by atoms with Crippen molar-refractivity contribution >= 4 is 23.5 Å². The van der Waals surface area contributed by atoms with Crippen molar-refractivity contribution in [2.24, 2.45) is 10.7 Å². The van der Waals surface area contributed by atoms with E-state index in [9.17, 15) is 4.79 Å². The summed E-state index contributed by atoms with van der Waals surface area (Å²) >= 11 is 0. The molecule has 0 aliphatic carbocycles. The maximum atomic E-state index is 12.3. The van der Waals surface area contributed by atoms with Gasteiger partial charge in [-0.15, -0.1) is 6.58 Å². The van der Waals surface area contributed by atoms with Crippen LogP contribution in [0.4, 0.5) is 5.82 Å². The van der Waals surface area contributed by atoms with Crippen molar-refractivity contribution in [1.82, 2.24) is 10.3 Å². The molecule has 36 heavy (non-hydrogen) atoms. The molecule has 0 saturated heterocycles. The summed E-state index contributed by atoms with van der Waals surface area (Å²) in [4.78, 5) is 21.0. The molecule has 4 N–H and O–H groups in total. The molecule has 1 aliphatic heterocycles. The van der Waals surface area contributed by atoms with Gasteiger partial charge in [0.2, 0.25) is 0 Å². The zero-order valence-electron chi connectivity index (χ0n) is 21.7. The molecule has 0 atom stereocenters. The van der Waals surface area contributed by atoms with E-state index in [2.05, 4.69) is 34.1 Å². The van der Waals surface area contributed by atoms with E-state index in [-0.39, 0.29) is 12.6 Å². The first-order chi connectivity index (χ1) is 17.5. The van der Waals surface area contributed by atoms with Gasteiger partial charge in [-0.3, -0.25) is 9.79 Å². The molecular weight excluding hydrogens is 454 g/mol. The van der Waals surface area contributed by atoms with Crippen LogP contribution in [0, 0.1) is 0 Å². The van der Waals surface area contributed by atoms with E-state index in [1.165, 1.54) is 0 Å². The first kappa shape index (κ1) is 28.7. The van der Waals surface area contributed by atoms with Gasteiger partial charge in [-0.2, -0.15) is 0 Å². The largest absolute Gasteiger partial charge is 0.492 e. The van der Waals surface area contributed by atoms with Crippen LogP contribution >= 0.6 is 0 Å². The first-order valence-corrected chi connectivity index (χ1v) is 12.4. The Kier molecular flexibility index (Phi) is 13.0. The number of allylic oxidation sites excluding steroid dienone is 3. The molecule has 0 radical (unpaired) electrons. The van der Waals surface area contributed by atoms with E-state index < -0.39 is 0 Å².